The third kappa shape index (κ3) is 5.31. The van der Waals surface area contributed by atoms with E-state index in [1.165, 1.54) is 23.4 Å². The summed E-state index contributed by atoms with van der Waals surface area (Å²) >= 11 is 0. The molecule has 1 saturated heterocycles. The minimum absolute atomic E-state index is 0.0546. The Morgan fingerprint density at radius 2 is 1.40 bits per heavy atom. The number of para-hydroxylation sites is 1. The number of benzene rings is 3. The Hall–Kier alpha value is -3.82. The van der Waals surface area contributed by atoms with Gasteiger partial charge in [-0.1, -0.05) is 42.5 Å². The van der Waals surface area contributed by atoms with E-state index in [0.29, 0.717) is 22.4 Å². The molecule has 1 aliphatic rings. The largest absolute Gasteiger partial charge is 0.336 e. The topological polar surface area (TPSA) is 104 Å². The second kappa shape index (κ2) is 10.2. The Labute approximate surface area is 204 Å². The van der Waals surface area contributed by atoms with Crippen LogP contribution in [0.4, 0.5) is 5.69 Å². The summed E-state index contributed by atoms with van der Waals surface area (Å²) in [6, 6.07) is 21.4. The molecule has 1 heterocycles. The van der Waals surface area contributed by atoms with E-state index in [1.807, 2.05) is 6.07 Å². The number of rotatable bonds is 6. The van der Waals surface area contributed by atoms with Crippen molar-refractivity contribution < 1.29 is 22.8 Å². The Kier molecular flexibility index (Phi) is 7.09. The smallest absolute Gasteiger partial charge is 0.256 e. The van der Waals surface area contributed by atoms with Gasteiger partial charge in [-0.3, -0.25) is 14.4 Å². The molecule has 1 fully saturated rings. The van der Waals surface area contributed by atoms with Crippen LogP contribution in [0.2, 0.25) is 0 Å². The van der Waals surface area contributed by atoms with E-state index in [0.717, 1.165) is 0 Å². The number of Topliss-reactive ketones (excluding diaryl/α,β-unsaturated/α-hetero) is 1. The summed E-state index contributed by atoms with van der Waals surface area (Å²) in [5, 5.41) is 2.80. The van der Waals surface area contributed by atoms with Crippen LogP contribution in [0.3, 0.4) is 0 Å². The minimum Gasteiger partial charge on any atom is -0.336 e. The first-order valence-electron chi connectivity index (χ1n) is 11.1. The van der Waals surface area contributed by atoms with Crippen molar-refractivity contribution in [2.24, 2.45) is 0 Å². The second-order valence-electron chi connectivity index (χ2n) is 8.15. The number of hydrogen-bond donors (Lipinski definition) is 1. The highest BCUT2D eigenvalue weighted by Crippen LogP contribution is 2.22. The zero-order valence-corrected chi connectivity index (χ0v) is 20.0. The summed E-state index contributed by atoms with van der Waals surface area (Å²) in [7, 11) is -3.80. The SMILES string of the molecule is CC(=O)c1cccc(S(=O)(=O)N2CCN(C(=O)c3ccccc3NC(=O)c3ccccc3)CC2)c1. The van der Waals surface area contributed by atoms with Crippen molar-refractivity contribution in [3.63, 3.8) is 0 Å². The summed E-state index contributed by atoms with van der Waals surface area (Å²) in [5.74, 6) is -0.824. The van der Waals surface area contributed by atoms with Crippen molar-refractivity contribution in [3.8, 4) is 0 Å². The van der Waals surface area contributed by atoms with Crippen molar-refractivity contribution in [1.29, 1.82) is 0 Å². The van der Waals surface area contributed by atoms with Crippen molar-refractivity contribution in [1.82, 2.24) is 9.21 Å². The molecule has 8 nitrogen and oxygen atoms in total. The average molecular weight is 492 g/mol. The number of amides is 2. The summed E-state index contributed by atoms with van der Waals surface area (Å²) in [6.45, 7) is 2.03. The Morgan fingerprint density at radius 3 is 2.09 bits per heavy atom. The quantitative estimate of drug-likeness (QED) is 0.533. The fourth-order valence-electron chi connectivity index (χ4n) is 3.89. The number of sulfonamides is 1. The molecule has 0 aromatic heterocycles. The molecular formula is C26H25N3O5S. The van der Waals surface area contributed by atoms with Crippen LogP contribution in [0, 0.1) is 0 Å². The summed E-state index contributed by atoms with van der Waals surface area (Å²) < 4.78 is 27.5. The van der Waals surface area contributed by atoms with E-state index in [4.69, 9.17) is 0 Å². The van der Waals surface area contributed by atoms with Gasteiger partial charge in [-0.05, 0) is 43.3 Å². The number of nitrogens with zero attached hydrogens (tertiary/aromatic N) is 2. The van der Waals surface area contributed by atoms with E-state index in [9.17, 15) is 22.8 Å². The van der Waals surface area contributed by atoms with Crippen LogP contribution in [0.5, 0.6) is 0 Å². The summed E-state index contributed by atoms with van der Waals surface area (Å²) in [4.78, 5) is 39.1. The standard InChI is InChI=1S/C26H25N3O5S/c1-19(30)21-10-7-11-22(18-21)35(33,34)29-16-14-28(15-17-29)26(32)23-12-5-6-13-24(23)27-25(31)20-8-3-2-4-9-20/h2-13,18H,14-17H2,1H3,(H,27,31). The maximum atomic E-state index is 13.3. The van der Waals surface area contributed by atoms with Gasteiger partial charge in [0.1, 0.15) is 0 Å². The van der Waals surface area contributed by atoms with Gasteiger partial charge in [0.15, 0.2) is 5.78 Å². The van der Waals surface area contributed by atoms with Crippen LogP contribution in [0.1, 0.15) is 38.0 Å². The molecule has 0 unspecified atom stereocenters. The van der Waals surface area contributed by atoms with Gasteiger partial charge in [-0.15, -0.1) is 0 Å². The minimum atomic E-state index is -3.80. The molecule has 0 bridgehead atoms. The number of nitrogens with one attached hydrogen (secondary N) is 1. The van der Waals surface area contributed by atoms with E-state index >= 15 is 0 Å². The molecule has 4 rings (SSSR count). The molecule has 0 aliphatic carbocycles. The van der Waals surface area contributed by atoms with Crippen LogP contribution in [-0.4, -0.2) is 61.4 Å². The lowest BCUT2D eigenvalue weighted by molar-refractivity contribution is 0.0698. The number of carbonyl (C=O) groups excluding carboxylic acids is 3. The fourth-order valence-corrected chi connectivity index (χ4v) is 5.36. The Morgan fingerprint density at radius 1 is 0.771 bits per heavy atom. The molecule has 0 atom stereocenters. The van der Waals surface area contributed by atoms with Gasteiger partial charge in [-0.2, -0.15) is 4.31 Å². The highest BCUT2D eigenvalue weighted by atomic mass is 32.2. The average Bonchev–Trinajstić information content (AvgIpc) is 2.89. The van der Waals surface area contributed by atoms with Crippen molar-refractivity contribution in [2.45, 2.75) is 11.8 Å². The molecule has 3 aromatic rings. The van der Waals surface area contributed by atoms with Gasteiger partial charge < -0.3 is 10.2 Å². The van der Waals surface area contributed by atoms with Crippen LogP contribution in [-0.2, 0) is 10.0 Å². The van der Waals surface area contributed by atoms with Gasteiger partial charge in [0.2, 0.25) is 10.0 Å². The lowest BCUT2D eigenvalue weighted by atomic mass is 10.1. The number of anilines is 1. The van der Waals surface area contributed by atoms with Gasteiger partial charge in [-0.25, -0.2) is 8.42 Å². The highest BCUT2D eigenvalue weighted by Gasteiger charge is 2.31. The van der Waals surface area contributed by atoms with Crippen molar-refractivity contribution >= 4 is 33.3 Å². The Bertz CT molecular complexity index is 1360. The molecule has 1 aliphatic heterocycles. The van der Waals surface area contributed by atoms with Crippen molar-refractivity contribution in [3.05, 3.63) is 95.6 Å². The van der Waals surface area contributed by atoms with Gasteiger partial charge in [0, 0.05) is 37.3 Å². The zero-order valence-electron chi connectivity index (χ0n) is 19.2. The number of carbonyl (C=O) groups is 3. The monoisotopic (exact) mass is 491 g/mol. The fraction of sp³-hybridized carbons (Fsp3) is 0.192. The third-order valence-electron chi connectivity index (χ3n) is 5.85. The predicted molar refractivity (Wildman–Crippen MR) is 132 cm³/mol. The first-order chi connectivity index (χ1) is 16.8. The van der Waals surface area contributed by atoms with E-state index in [1.54, 1.807) is 65.6 Å². The molecule has 35 heavy (non-hydrogen) atoms. The predicted octanol–water partition coefficient (Wildman–Crippen LogP) is 3.29. The second-order valence-corrected chi connectivity index (χ2v) is 10.1. The maximum Gasteiger partial charge on any atom is 0.256 e. The number of hydrogen-bond acceptors (Lipinski definition) is 5. The molecule has 3 aromatic carbocycles. The molecule has 1 N–H and O–H groups in total. The lowest BCUT2D eigenvalue weighted by Crippen LogP contribution is -2.50. The lowest BCUT2D eigenvalue weighted by Gasteiger charge is -2.34. The summed E-state index contributed by atoms with van der Waals surface area (Å²) in [5.41, 5.74) is 1.53. The van der Waals surface area contributed by atoms with E-state index in [-0.39, 0.29) is 48.7 Å². The molecule has 2 amide bonds. The molecule has 0 spiro atoms. The van der Waals surface area contributed by atoms with Gasteiger partial charge in [0.25, 0.3) is 11.8 Å². The first-order valence-corrected chi connectivity index (χ1v) is 12.6. The summed E-state index contributed by atoms with van der Waals surface area (Å²) in [6.07, 6.45) is 0. The van der Waals surface area contributed by atoms with E-state index in [2.05, 4.69) is 5.32 Å². The molecule has 0 saturated carbocycles. The normalized spacial score (nSPS) is 14.4. The molecule has 180 valence electrons. The van der Waals surface area contributed by atoms with Crippen LogP contribution in [0.15, 0.2) is 83.8 Å². The third-order valence-corrected chi connectivity index (χ3v) is 7.74. The van der Waals surface area contributed by atoms with Crippen LogP contribution < -0.4 is 5.32 Å². The van der Waals surface area contributed by atoms with E-state index < -0.39 is 10.0 Å². The number of ketones is 1. The van der Waals surface area contributed by atoms with Crippen LogP contribution in [0.25, 0.3) is 0 Å². The van der Waals surface area contributed by atoms with Gasteiger partial charge in [0.05, 0.1) is 16.1 Å². The molecular weight excluding hydrogens is 466 g/mol. The Balaban J connectivity index is 1.46. The molecule has 9 heteroatoms. The first kappa shape index (κ1) is 24.3. The highest BCUT2D eigenvalue weighted by molar-refractivity contribution is 7.89. The zero-order chi connectivity index (χ0) is 25.0. The molecule has 0 radical (unpaired) electrons. The maximum absolute atomic E-state index is 13.3. The van der Waals surface area contributed by atoms with Crippen LogP contribution >= 0.6 is 0 Å². The van der Waals surface area contributed by atoms with Gasteiger partial charge >= 0.3 is 0 Å². The number of piperazine rings is 1. The van der Waals surface area contributed by atoms with Crippen molar-refractivity contribution in [2.75, 3.05) is 31.5 Å².